The standard InChI is InChI=1S/C27H30F2N2O5/c1-17(2)36-22-9-6-19(16-21(22)29)25(32)23-24(18-4-7-20(28)8-5-18)31(27(34)26(23)33)11-3-10-30-12-14-35-15-13-30/h4-9,16-17,24,32H,3,10-15H2,1-2H3. The average Bonchev–Trinajstić information content (AvgIpc) is 3.11. The summed E-state index contributed by atoms with van der Waals surface area (Å²) in [5, 5.41) is 13.5. The predicted molar refractivity (Wildman–Crippen MR) is 126 cm³/mol. The highest BCUT2D eigenvalue weighted by Gasteiger charge is 2.44. The van der Waals surface area contributed by atoms with Crippen molar-refractivity contribution in [3.63, 3.8) is 0 Å². The number of morpholine rings is 1. The van der Waals surface area contributed by atoms with Gasteiger partial charge < -0.3 is 24.4 Å². The summed E-state index contributed by atoms with van der Waals surface area (Å²) in [6.45, 7) is 7.63. The molecule has 0 aliphatic carbocycles. The fourth-order valence-electron chi connectivity index (χ4n) is 4.65. The molecule has 7 nitrogen and oxygen atoms in total. The van der Waals surface area contributed by atoms with Crippen LogP contribution in [0.2, 0.25) is 0 Å². The van der Waals surface area contributed by atoms with E-state index in [1.54, 1.807) is 13.8 Å². The van der Waals surface area contributed by atoms with Crippen LogP contribution in [0.25, 0.3) is 5.76 Å². The fraction of sp³-hybridized carbons (Fsp3) is 0.407. The first-order chi connectivity index (χ1) is 17.3. The van der Waals surface area contributed by atoms with Crippen LogP contribution in [0.3, 0.4) is 0 Å². The quantitative estimate of drug-likeness (QED) is 0.336. The number of halogens is 2. The monoisotopic (exact) mass is 500 g/mol. The highest BCUT2D eigenvalue weighted by molar-refractivity contribution is 6.46. The third kappa shape index (κ3) is 5.57. The Hall–Kier alpha value is -3.30. The minimum Gasteiger partial charge on any atom is -0.872 e. The van der Waals surface area contributed by atoms with Crippen molar-refractivity contribution in [3.8, 4) is 5.75 Å². The van der Waals surface area contributed by atoms with Gasteiger partial charge in [-0.1, -0.05) is 24.0 Å². The lowest BCUT2D eigenvalue weighted by Crippen LogP contribution is -3.14. The molecule has 2 aromatic carbocycles. The summed E-state index contributed by atoms with van der Waals surface area (Å²) in [5.41, 5.74) is 0.117. The molecule has 2 aliphatic heterocycles. The molecule has 2 aliphatic rings. The molecule has 0 spiro atoms. The normalized spacial score (nSPS) is 20.4. The predicted octanol–water partition coefficient (Wildman–Crippen LogP) is 1.28. The molecule has 0 saturated carbocycles. The maximum Gasteiger partial charge on any atom is 0.295 e. The van der Waals surface area contributed by atoms with Crippen LogP contribution in [0.4, 0.5) is 8.78 Å². The molecule has 4 rings (SSSR count). The number of carbonyl (C=O) groups excluding carboxylic acids is 2. The number of rotatable bonds is 8. The fourth-order valence-corrected chi connectivity index (χ4v) is 4.65. The molecule has 2 heterocycles. The van der Waals surface area contributed by atoms with E-state index in [0.29, 0.717) is 25.2 Å². The SMILES string of the molecule is CC(C)Oc1ccc(C([O-])=C2C(=O)C(=O)N(CCC[NH+]3CCOCC3)C2c2ccc(F)cc2)cc1F. The van der Waals surface area contributed by atoms with Gasteiger partial charge in [0, 0.05) is 18.5 Å². The number of benzene rings is 2. The Bertz CT molecular complexity index is 1140. The summed E-state index contributed by atoms with van der Waals surface area (Å²) in [4.78, 5) is 28.8. The van der Waals surface area contributed by atoms with E-state index in [0.717, 1.165) is 25.7 Å². The van der Waals surface area contributed by atoms with Crippen LogP contribution in [0.5, 0.6) is 5.75 Å². The number of ketones is 1. The second-order valence-corrected chi connectivity index (χ2v) is 9.30. The van der Waals surface area contributed by atoms with Crippen molar-refractivity contribution in [1.82, 2.24) is 4.90 Å². The maximum absolute atomic E-state index is 14.6. The van der Waals surface area contributed by atoms with Crippen LogP contribution in [0, 0.1) is 11.6 Å². The van der Waals surface area contributed by atoms with Crippen LogP contribution in [0.1, 0.15) is 37.4 Å². The van der Waals surface area contributed by atoms with Gasteiger partial charge in [0.25, 0.3) is 5.91 Å². The minimum atomic E-state index is -0.979. The maximum atomic E-state index is 14.6. The molecular weight excluding hydrogens is 470 g/mol. The van der Waals surface area contributed by atoms with E-state index in [9.17, 15) is 23.5 Å². The molecule has 0 aromatic heterocycles. The Kier molecular flexibility index (Phi) is 8.01. The van der Waals surface area contributed by atoms with Crippen molar-refractivity contribution >= 4 is 17.4 Å². The summed E-state index contributed by atoms with van der Waals surface area (Å²) in [5.74, 6) is -3.68. The zero-order chi connectivity index (χ0) is 25.8. The molecule has 0 bridgehead atoms. The molecule has 2 saturated heterocycles. The van der Waals surface area contributed by atoms with Crippen LogP contribution in [-0.4, -0.2) is 62.1 Å². The molecule has 192 valence electrons. The Balaban J connectivity index is 1.67. The number of amides is 1. The summed E-state index contributed by atoms with van der Waals surface area (Å²) < 4.78 is 39.0. The van der Waals surface area contributed by atoms with Crippen LogP contribution in [-0.2, 0) is 14.3 Å². The number of hydrogen-bond donors (Lipinski definition) is 1. The highest BCUT2D eigenvalue weighted by Crippen LogP contribution is 2.39. The Morgan fingerprint density at radius 1 is 1.14 bits per heavy atom. The van der Waals surface area contributed by atoms with E-state index >= 15 is 0 Å². The van der Waals surface area contributed by atoms with Crippen molar-refractivity contribution in [2.45, 2.75) is 32.4 Å². The molecule has 1 amide bonds. The van der Waals surface area contributed by atoms with Crippen molar-refractivity contribution in [3.05, 3.63) is 70.8 Å². The molecule has 1 atom stereocenters. The molecular formula is C27H30F2N2O5. The van der Waals surface area contributed by atoms with Crippen LogP contribution in [0.15, 0.2) is 48.0 Å². The van der Waals surface area contributed by atoms with Crippen molar-refractivity contribution in [2.24, 2.45) is 0 Å². The zero-order valence-electron chi connectivity index (χ0n) is 20.4. The third-order valence-electron chi connectivity index (χ3n) is 6.40. The zero-order valence-corrected chi connectivity index (χ0v) is 20.4. The Morgan fingerprint density at radius 2 is 1.83 bits per heavy atom. The van der Waals surface area contributed by atoms with Gasteiger partial charge in [-0.25, -0.2) is 8.78 Å². The van der Waals surface area contributed by atoms with Gasteiger partial charge in [0.2, 0.25) is 5.78 Å². The number of quaternary nitrogens is 1. The summed E-state index contributed by atoms with van der Waals surface area (Å²) >= 11 is 0. The number of hydrogen-bond acceptors (Lipinski definition) is 5. The van der Waals surface area contributed by atoms with Gasteiger partial charge >= 0.3 is 0 Å². The molecule has 2 fully saturated rings. The first-order valence-electron chi connectivity index (χ1n) is 12.2. The van der Waals surface area contributed by atoms with Crippen molar-refractivity contribution < 1.29 is 37.9 Å². The van der Waals surface area contributed by atoms with Gasteiger partial charge in [-0.05, 0) is 49.2 Å². The molecule has 2 aromatic rings. The van der Waals surface area contributed by atoms with E-state index in [-0.39, 0.29) is 29.5 Å². The first kappa shape index (κ1) is 25.8. The molecule has 0 radical (unpaired) electrons. The minimum absolute atomic E-state index is 0.0114. The van der Waals surface area contributed by atoms with E-state index in [2.05, 4.69) is 0 Å². The largest absolute Gasteiger partial charge is 0.872 e. The number of likely N-dealkylation sites (tertiary alicyclic amines) is 1. The Labute approximate surface area is 208 Å². The van der Waals surface area contributed by atoms with Gasteiger partial charge in [0.1, 0.15) is 18.9 Å². The lowest BCUT2D eigenvalue weighted by molar-refractivity contribution is -0.908. The second-order valence-electron chi connectivity index (χ2n) is 9.30. The van der Waals surface area contributed by atoms with Crippen molar-refractivity contribution in [2.75, 3.05) is 39.4 Å². The van der Waals surface area contributed by atoms with Gasteiger partial charge in [-0.2, -0.15) is 0 Å². The lowest BCUT2D eigenvalue weighted by Gasteiger charge is -2.29. The topological polar surface area (TPSA) is 83.3 Å². The molecule has 1 N–H and O–H groups in total. The lowest BCUT2D eigenvalue weighted by atomic mass is 9.95. The van der Waals surface area contributed by atoms with Crippen LogP contribution < -0.4 is 14.7 Å². The number of nitrogens with one attached hydrogen (secondary N) is 1. The van der Waals surface area contributed by atoms with E-state index in [1.807, 2.05) is 0 Å². The highest BCUT2D eigenvalue weighted by atomic mass is 19.1. The van der Waals surface area contributed by atoms with Gasteiger partial charge in [0.15, 0.2) is 11.6 Å². The summed E-state index contributed by atoms with van der Waals surface area (Å²) in [6, 6.07) is 8.10. The van der Waals surface area contributed by atoms with Gasteiger partial charge in [0.05, 0.1) is 31.9 Å². The smallest absolute Gasteiger partial charge is 0.295 e. The summed E-state index contributed by atoms with van der Waals surface area (Å²) in [7, 11) is 0. The van der Waals surface area contributed by atoms with Gasteiger partial charge in [-0.15, -0.1) is 0 Å². The number of nitrogens with zero attached hydrogens (tertiary/aromatic N) is 1. The van der Waals surface area contributed by atoms with Gasteiger partial charge in [-0.3, -0.25) is 9.59 Å². The van der Waals surface area contributed by atoms with E-state index < -0.39 is 35.1 Å². The Morgan fingerprint density at radius 3 is 2.47 bits per heavy atom. The number of Topliss-reactive ketones (excluding diaryl/α,β-unsaturated/α-hetero) is 1. The molecule has 1 unspecified atom stereocenters. The van der Waals surface area contributed by atoms with Crippen molar-refractivity contribution in [1.29, 1.82) is 0 Å². The molecule has 9 heteroatoms. The van der Waals surface area contributed by atoms with Crippen LogP contribution >= 0.6 is 0 Å². The van der Waals surface area contributed by atoms with E-state index in [1.165, 1.54) is 46.2 Å². The molecule has 36 heavy (non-hydrogen) atoms. The second kappa shape index (κ2) is 11.2. The van der Waals surface area contributed by atoms with E-state index in [4.69, 9.17) is 9.47 Å². The third-order valence-corrected chi connectivity index (χ3v) is 6.40. The number of ether oxygens (including phenoxy) is 2. The number of carbonyl (C=O) groups is 2. The average molecular weight is 501 g/mol. The summed E-state index contributed by atoms with van der Waals surface area (Å²) in [6.07, 6.45) is 0.351. The first-order valence-corrected chi connectivity index (χ1v) is 12.2.